The summed E-state index contributed by atoms with van der Waals surface area (Å²) in [6.07, 6.45) is 10.5. The van der Waals surface area contributed by atoms with Gasteiger partial charge in [0.1, 0.15) is 0 Å². The molecule has 6 heteroatoms. The molecule has 38 heavy (non-hydrogen) atoms. The van der Waals surface area contributed by atoms with Crippen molar-refractivity contribution < 1.29 is 0 Å². The van der Waals surface area contributed by atoms with Crippen LogP contribution in [0.2, 0.25) is 10.0 Å². The van der Waals surface area contributed by atoms with Crippen molar-refractivity contribution >= 4 is 52.6 Å². The Balaban J connectivity index is 1.67. The van der Waals surface area contributed by atoms with Crippen molar-refractivity contribution in [2.75, 3.05) is 36.5 Å². The van der Waals surface area contributed by atoms with Gasteiger partial charge in [-0.05, 0) is 86.1 Å². The summed E-state index contributed by atoms with van der Waals surface area (Å²) < 4.78 is 0. The molecule has 3 nitrogen and oxygen atoms in total. The van der Waals surface area contributed by atoms with Gasteiger partial charge in [0.2, 0.25) is 0 Å². The molecular weight excluding hydrogens is 529 g/mol. The quantitative estimate of drug-likeness (QED) is 0.192. The number of hydrogen-bond donors (Lipinski definition) is 1. The maximum atomic E-state index is 9.07. The lowest BCUT2D eigenvalue weighted by atomic mass is 9.78. The van der Waals surface area contributed by atoms with E-state index in [0.29, 0.717) is 33.2 Å². The van der Waals surface area contributed by atoms with Crippen LogP contribution in [0, 0.1) is 17.2 Å². The van der Waals surface area contributed by atoms with E-state index in [4.69, 9.17) is 28.6 Å². The standard InChI is InChI=1S/C32H43Cl2N3S/c1-5-8-23(3)28(32(35)31-29(33)9-7-10-30(31)34)16-13-26-17-19-37(22-25(26)6-2)27-14-11-24(12-15-27)21-36-18-20-38-4/h7,9-12,14-15,21,25-26,35H,5-6,8,13,16-20,22H2,1-4H3/b28-23+,35-32?,36-21+. The minimum Gasteiger partial charge on any atom is -0.371 e. The summed E-state index contributed by atoms with van der Waals surface area (Å²) in [6, 6.07) is 14.4. The first-order chi connectivity index (χ1) is 18.4. The molecule has 0 amide bonds. The fourth-order valence-corrected chi connectivity index (χ4v) is 6.41. The van der Waals surface area contributed by atoms with Crippen LogP contribution in [0.1, 0.15) is 70.4 Å². The van der Waals surface area contributed by atoms with E-state index >= 15 is 0 Å². The number of rotatable bonds is 13. The van der Waals surface area contributed by atoms with Gasteiger partial charge in [-0.25, -0.2) is 0 Å². The highest BCUT2D eigenvalue weighted by Crippen LogP contribution is 2.36. The van der Waals surface area contributed by atoms with Crippen molar-refractivity contribution in [3.8, 4) is 0 Å². The van der Waals surface area contributed by atoms with Crippen molar-refractivity contribution in [1.29, 1.82) is 5.41 Å². The first-order valence-electron chi connectivity index (χ1n) is 13.9. The van der Waals surface area contributed by atoms with Gasteiger partial charge in [-0.1, -0.05) is 73.7 Å². The number of hydrogen-bond acceptors (Lipinski definition) is 4. The van der Waals surface area contributed by atoms with Crippen LogP contribution in [0.15, 0.2) is 58.6 Å². The van der Waals surface area contributed by atoms with Crippen molar-refractivity contribution in [3.63, 3.8) is 0 Å². The van der Waals surface area contributed by atoms with E-state index in [1.807, 2.05) is 36.2 Å². The van der Waals surface area contributed by atoms with Gasteiger partial charge in [-0.3, -0.25) is 10.4 Å². The first kappa shape index (κ1) is 30.8. The number of anilines is 1. The van der Waals surface area contributed by atoms with Gasteiger partial charge in [0.15, 0.2) is 0 Å². The molecule has 0 aromatic heterocycles. The third-order valence-electron chi connectivity index (χ3n) is 7.76. The zero-order valence-electron chi connectivity index (χ0n) is 23.4. The van der Waals surface area contributed by atoms with E-state index in [2.05, 4.69) is 61.2 Å². The van der Waals surface area contributed by atoms with Crippen LogP contribution in [0.3, 0.4) is 0 Å². The number of aliphatic imine (C=N–C) groups is 1. The van der Waals surface area contributed by atoms with Crippen LogP contribution >= 0.6 is 35.0 Å². The molecule has 2 aromatic rings. The molecule has 2 atom stereocenters. The molecular formula is C32H43Cl2N3S. The Kier molecular flexibility index (Phi) is 12.8. The lowest BCUT2D eigenvalue weighted by Crippen LogP contribution is -2.40. The van der Waals surface area contributed by atoms with Crippen LogP contribution in [-0.2, 0) is 0 Å². The third kappa shape index (κ3) is 8.37. The third-order valence-corrected chi connectivity index (χ3v) is 8.98. The number of nitrogens with one attached hydrogen (secondary N) is 1. The number of nitrogens with zero attached hydrogens (tertiary/aromatic N) is 2. The highest BCUT2D eigenvalue weighted by Gasteiger charge is 2.29. The normalized spacial score (nSPS) is 18.6. The van der Waals surface area contributed by atoms with Gasteiger partial charge in [-0.2, -0.15) is 11.8 Å². The molecule has 0 radical (unpaired) electrons. The van der Waals surface area contributed by atoms with Gasteiger partial charge < -0.3 is 4.90 Å². The minimum absolute atomic E-state index is 0.495. The highest BCUT2D eigenvalue weighted by molar-refractivity contribution is 7.98. The van der Waals surface area contributed by atoms with E-state index in [1.54, 1.807) is 0 Å². The summed E-state index contributed by atoms with van der Waals surface area (Å²) >= 11 is 14.8. The summed E-state index contributed by atoms with van der Waals surface area (Å²) in [5, 5.41) is 10.2. The average Bonchev–Trinajstić information content (AvgIpc) is 2.91. The largest absolute Gasteiger partial charge is 0.371 e. The SMILES string of the molecule is CCC/C(C)=C(\CCC1CCN(c2ccc(/C=N/CCSC)cc2)CC1CC)C(=N)c1c(Cl)cccc1Cl. The Morgan fingerprint density at radius 2 is 1.79 bits per heavy atom. The molecule has 1 aliphatic rings. The fraction of sp³-hybridized carbons (Fsp3) is 0.500. The second-order valence-electron chi connectivity index (χ2n) is 10.3. The molecule has 1 aliphatic heterocycles. The van der Waals surface area contributed by atoms with Crippen molar-refractivity contribution in [3.05, 3.63) is 74.8 Å². The van der Waals surface area contributed by atoms with Gasteiger partial charge >= 0.3 is 0 Å². The molecule has 1 saturated heterocycles. The topological polar surface area (TPSA) is 39.5 Å². The molecule has 2 unspecified atom stereocenters. The first-order valence-corrected chi connectivity index (χ1v) is 16.1. The summed E-state index contributed by atoms with van der Waals surface area (Å²) in [4.78, 5) is 7.06. The molecule has 206 valence electrons. The highest BCUT2D eigenvalue weighted by atomic mass is 35.5. The van der Waals surface area contributed by atoms with Gasteiger partial charge in [0.05, 0.1) is 15.8 Å². The maximum absolute atomic E-state index is 9.07. The minimum atomic E-state index is 0.495. The van der Waals surface area contributed by atoms with E-state index in [0.717, 1.165) is 56.6 Å². The van der Waals surface area contributed by atoms with E-state index in [-0.39, 0.29) is 0 Å². The van der Waals surface area contributed by atoms with Crippen LogP contribution in [0.5, 0.6) is 0 Å². The molecule has 0 bridgehead atoms. The van der Waals surface area contributed by atoms with Crippen LogP contribution in [0.25, 0.3) is 0 Å². The predicted molar refractivity (Wildman–Crippen MR) is 172 cm³/mol. The maximum Gasteiger partial charge on any atom is 0.0673 e. The summed E-state index contributed by atoms with van der Waals surface area (Å²) in [5.41, 5.74) is 6.04. The number of halogens is 2. The number of benzene rings is 2. The lowest BCUT2D eigenvalue weighted by Gasteiger charge is -2.40. The predicted octanol–water partition coefficient (Wildman–Crippen LogP) is 9.59. The zero-order valence-corrected chi connectivity index (χ0v) is 25.7. The van der Waals surface area contributed by atoms with Crippen molar-refractivity contribution in [2.24, 2.45) is 16.8 Å². The lowest BCUT2D eigenvalue weighted by molar-refractivity contribution is 0.256. The van der Waals surface area contributed by atoms with Crippen molar-refractivity contribution in [2.45, 2.75) is 59.3 Å². The Bertz CT molecular complexity index is 1090. The van der Waals surface area contributed by atoms with E-state index < -0.39 is 0 Å². The van der Waals surface area contributed by atoms with Crippen LogP contribution in [-0.4, -0.2) is 43.6 Å². The van der Waals surface area contributed by atoms with Crippen LogP contribution in [0.4, 0.5) is 5.69 Å². The Labute approximate surface area is 244 Å². The number of thioether (sulfide) groups is 1. The summed E-state index contributed by atoms with van der Waals surface area (Å²) in [5.74, 6) is 2.35. The Hall–Kier alpha value is -1.75. The van der Waals surface area contributed by atoms with E-state index in [9.17, 15) is 0 Å². The number of allylic oxidation sites excluding steroid dienone is 2. The Morgan fingerprint density at radius 3 is 2.42 bits per heavy atom. The molecule has 0 aliphatic carbocycles. The molecule has 1 N–H and O–H groups in total. The number of piperidine rings is 1. The molecule has 2 aromatic carbocycles. The zero-order chi connectivity index (χ0) is 27.5. The second kappa shape index (κ2) is 15.7. The summed E-state index contributed by atoms with van der Waals surface area (Å²) in [7, 11) is 0. The molecule has 1 fully saturated rings. The monoisotopic (exact) mass is 571 g/mol. The molecule has 3 rings (SSSR count). The molecule has 1 heterocycles. The van der Waals surface area contributed by atoms with Gasteiger partial charge in [-0.15, -0.1) is 0 Å². The molecule has 0 spiro atoms. The van der Waals surface area contributed by atoms with Crippen molar-refractivity contribution in [1.82, 2.24) is 0 Å². The van der Waals surface area contributed by atoms with Crippen LogP contribution < -0.4 is 4.90 Å². The fourth-order valence-electron chi connectivity index (χ4n) is 5.54. The second-order valence-corrected chi connectivity index (χ2v) is 12.1. The average molecular weight is 573 g/mol. The van der Waals surface area contributed by atoms with Gasteiger partial charge in [0, 0.05) is 42.9 Å². The van der Waals surface area contributed by atoms with E-state index in [1.165, 1.54) is 29.7 Å². The Morgan fingerprint density at radius 1 is 1.08 bits per heavy atom. The van der Waals surface area contributed by atoms with Gasteiger partial charge in [0.25, 0.3) is 0 Å². The molecule has 0 saturated carbocycles. The smallest absolute Gasteiger partial charge is 0.0673 e. The summed E-state index contributed by atoms with van der Waals surface area (Å²) in [6.45, 7) is 9.72.